The lowest BCUT2D eigenvalue weighted by molar-refractivity contribution is -0.143. The Hall–Kier alpha value is -3.38. The Morgan fingerprint density at radius 2 is 1.76 bits per heavy atom. The van der Waals surface area contributed by atoms with Gasteiger partial charge in [-0.3, -0.25) is 0 Å². The van der Waals surface area contributed by atoms with Crippen molar-refractivity contribution in [3.63, 3.8) is 0 Å². The number of carbonyl (C=O) groups is 1. The van der Waals surface area contributed by atoms with Crippen molar-refractivity contribution in [3.8, 4) is 5.69 Å². The normalized spacial score (nSPS) is 13.5. The highest BCUT2D eigenvalue weighted by molar-refractivity contribution is 5.88. The summed E-state index contributed by atoms with van der Waals surface area (Å²) in [6.07, 6.45) is -8.79. The third-order valence-corrected chi connectivity index (χ3v) is 3.22. The minimum Gasteiger partial charge on any atom is -0.502 e. The molecule has 0 fully saturated rings. The molecule has 29 heavy (non-hydrogen) atoms. The molecule has 1 aromatic carbocycles. The molecule has 1 aromatic heterocycles. The highest BCUT2D eigenvalue weighted by Crippen LogP contribution is 2.29. The van der Waals surface area contributed by atoms with Crippen molar-refractivity contribution in [3.05, 3.63) is 53.7 Å². The molecular formula is C16H12F6N4O3. The van der Waals surface area contributed by atoms with Gasteiger partial charge in [0.15, 0.2) is 5.69 Å². The van der Waals surface area contributed by atoms with Crippen LogP contribution in [-0.2, 0) is 15.7 Å². The van der Waals surface area contributed by atoms with Crippen molar-refractivity contribution in [1.29, 1.82) is 0 Å². The summed E-state index contributed by atoms with van der Waals surface area (Å²) in [5.74, 6) is -3.80. The molecule has 0 aliphatic carbocycles. The van der Waals surface area contributed by atoms with E-state index in [0.29, 0.717) is 0 Å². The van der Waals surface area contributed by atoms with E-state index in [1.807, 2.05) is 0 Å². The SMILES string of the molecule is CCOC(=O)C(N=Nc1ccc(-n2ccc(C(F)(F)F)n2)cc1)=C(O)C(F)(F)F. The van der Waals surface area contributed by atoms with Crippen LogP contribution in [0.5, 0.6) is 0 Å². The fraction of sp³-hybridized carbons (Fsp3) is 0.250. The Kier molecular flexibility index (Phi) is 6.29. The zero-order valence-electron chi connectivity index (χ0n) is 14.5. The number of rotatable bonds is 5. The molecule has 0 amide bonds. The minimum absolute atomic E-state index is 0.0475. The van der Waals surface area contributed by atoms with E-state index in [-0.39, 0.29) is 18.0 Å². The number of hydrogen-bond donors (Lipinski definition) is 1. The number of aliphatic hydroxyl groups excluding tert-OH is 1. The first-order valence-corrected chi connectivity index (χ1v) is 7.76. The Labute approximate surface area is 158 Å². The highest BCUT2D eigenvalue weighted by Gasteiger charge is 2.39. The van der Waals surface area contributed by atoms with Crippen LogP contribution in [0, 0.1) is 0 Å². The fourth-order valence-corrected chi connectivity index (χ4v) is 1.92. The van der Waals surface area contributed by atoms with Gasteiger partial charge in [0.25, 0.3) is 0 Å². The van der Waals surface area contributed by atoms with Crippen molar-refractivity contribution in [2.75, 3.05) is 6.61 Å². The van der Waals surface area contributed by atoms with E-state index in [2.05, 4.69) is 20.1 Å². The van der Waals surface area contributed by atoms with E-state index in [0.717, 1.165) is 16.9 Å². The molecule has 0 spiro atoms. The molecular weight excluding hydrogens is 410 g/mol. The summed E-state index contributed by atoms with van der Waals surface area (Å²) in [5, 5.41) is 19.1. The van der Waals surface area contributed by atoms with Crippen LogP contribution >= 0.6 is 0 Å². The number of aliphatic hydroxyl groups is 1. The molecule has 7 nitrogen and oxygen atoms in total. The summed E-state index contributed by atoms with van der Waals surface area (Å²) in [5.41, 5.74) is -2.38. The Bertz CT molecular complexity index is 929. The van der Waals surface area contributed by atoms with E-state index in [1.165, 1.54) is 31.2 Å². The Morgan fingerprint density at radius 1 is 1.14 bits per heavy atom. The van der Waals surface area contributed by atoms with Crippen LogP contribution in [0.4, 0.5) is 32.0 Å². The molecule has 0 aliphatic rings. The molecule has 0 aliphatic heterocycles. The predicted molar refractivity (Wildman–Crippen MR) is 85.4 cm³/mol. The van der Waals surface area contributed by atoms with Gasteiger partial charge in [-0.1, -0.05) is 0 Å². The van der Waals surface area contributed by atoms with Crippen LogP contribution in [0.25, 0.3) is 5.69 Å². The van der Waals surface area contributed by atoms with Crippen LogP contribution in [0.3, 0.4) is 0 Å². The summed E-state index contributed by atoms with van der Waals surface area (Å²) in [6, 6.07) is 5.74. The number of hydrogen-bond acceptors (Lipinski definition) is 6. The summed E-state index contributed by atoms with van der Waals surface area (Å²) in [7, 11) is 0. The first-order chi connectivity index (χ1) is 13.4. The second kappa shape index (κ2) is 8.32. The Morgan fingerprint density at radius 3 is 2.24 bits per heavy atom. The largest absolute Gasteiger partial charge is 0.502 e. The fourth-order valence-electron chi connectivity index (χ4n) is 1.92. The zero-order valence-corrected chi connectivity index (χ0v) is 14.5. The maximum absolute atomic E-state index is 12.6. The molecule has 2 aromatic rings. The minimum atomic E-state index is -5.25. The van der Waals surface area contributed by atoms with Gasteiger partial charge in [0.2, 0.25) is 11.5 Å². The number of nitrogens with zero attached hydrogens (tertiary/aromatic N) is 4. The van der Waals surface area contributed by atoms with Crippen molar-refractivity contribution >= 4 is 11.7 Å². The first kappa shape index (κ1) is 21.9. The molecule has 0 saturated carbocycles. The number of ether oxygens (including phenoxy) is 1. The van der Waals surface area contributed by atoms with E-state index in [1.54, 1.807) is 0 Å². The van der Waals surface area contributed by atoms with Gasteiger partial charge < -0.3 is 9.84 Å². The van der Waals surface area contributed by atoms with Gasteiger partial charge in [-0.2, -0.15) is 36.6 Å². The van der Waals surface area contributed by atoms with Crippen molar-refractivity contribution in [1.82, 2.24) is 9.78 Å². The number of alkyl halides is 6. The van der Waals surface area contributed by atoms with E-state index >= 15 is 0 Å². The monoisotopic (exact) mass is 422 g/mol. The predicted octanol–water partition coefficient (Wildman–Crippen LogP) is 4.87. The smallest absolute Gasteiger partial charge is 0.451 e. The molecule has 0 unspecified atom stereocenters. The second-order valence-electron chi connectivity index (χ2n) is 5.28. The van der Waals surface area contributed by atoms with Crippen molar-refractivity contribution < 1.29 is 41.0 Å². The standard InChI is InChI=1S/C16H12F6N4O3/c1-2-29-14(28)12(13(27)16(20,21)22)24-23-9-3-5-10(6-4-9)26-8-7-11(25-26)15(17,18)19/h3-8,27H,2H2,1H3. The molecule has 156 valence electrons. The molecule has 0 atom stereocenters. The lowest BCUT2D eigenvalue weighted by atomic mass is 10.3. The molecule has 0 bridgehead atoms. The van der Waals surface area contributed by atoms with E-state index < -0.39 is 35.5 Å². The number of aromatic nitrogens is 2. The molecule has 2 rings (SSSR count). The number of esters is 1. The third kappa shape index (κ3) is 5.56. The van der Waals surface area contributed by atoms with E-state index in [4.69, 9.17) is 0 Å². The lowest BCUT2D eigenvalue weighted by Gasteiger charge is -2.08. The average molecular weight is 422 g/mol. The molecule has 0 saturated heterocycles. The number of allylic oxidation sites excluding steroid dienone is 1. The second-order valence-corrected chi connectivity index (χ2v) is 5.28. The average Bonchev–Trinajstić information content (AvgIpc) is 3.12. The summed E-state index contributed by atoms with van der Waals surface area (Å²) < 4.78 is 81.0. The first-order valence-electron chi connectivity index (χ1n) is 7.76. The maximum atomic E-state index is 12.6. The van der Waals surface area contributed by atoms with Crippen LogP contribution in [0.2, 0.25) is 0 Å². The van der Waals surface area contributed by atoms with Crippen LogP contribution in [0.1, 0.15) is 12.6 Å². The summed E-state index contributed by atoms with van der Waals surface area (Å²) in [6.45, 7) is 1.08. The van der Waals surface area contributed by atoms with Crippen LogP contribution in [0.15, 0.2) is 58.2 Å². The maximum Gasteiger partial charge on any atom is 0.451 e. The van der Waals surface area contributed by atoms with Crippen molar-refractivity contribution in [2.45, 2.75) is 19.3 Å². The van der Waals surface area contributed by atoms with Crippen LogP contribution < -0.4 is 0 Å². The van der Waals surface area contributed by atoms with Gasteiger partial charge in [-0.15, -0.1) is 5.11 Å². The number of carbonyl (C=O) groups excluding carboxylic acids is 1. The van der Waals surface area contributed by atoms with Crippen LogP contribution in [-0.4, -0.2) is 33.6 Å². The third-order valence-electron chi connectivity index (χ3n) is 3.22. The van der Waals surface area contributed by atoms with Crippen molar-refractivity contribution in [2.24, 2.45) is 10.2 Å². The highest BCUT2D eigenvalue weighted by atomic mass is 19.4. The number of benzene rings is 1. The molecule has 0 radical (unpaired) electrons. The van der Waals surface area contributed by atoms with Gasteiger partial charge >= 0.3 is 18.3 Å². The Balaban J connectivity index is 2.27. The van der Waals surface area contributed by atoms with Gasteiger partial charge in [-0.05, 0) is 37.3 Å². The lowest BCUT2D eigenvalue weighted by Crippen LogP contribution is -2.18. The quantitative estimate of drug-likeness (QED) is 0.245. The van der Waals surface area contributed by atoms with Gasteiger partial charge in [0, 0.05) is 6.20 Å². The molecule has 13 heteroatoms. The topological polar surface area (TPSA) is 89.1 Å². The zero-order chi connectivity index (χ0) is 21.8. The van der Waals surface area contributed by atoms with Gasteiger partial charge in [0.1, 0.15) is 0 Å². The molecule has 1 N–H and O–H groups in total. The number of azo groups is 1. The van der Waals surface area contributed by atoms with Gasteiger partial charge in [-0.25, -0.2) is 9.48 Å². The van der Waals surface area contributed by atoms with E-state index in [9.17, 15) is 36.2 Å². The number of halogens is 6. The van der Waals surface area contributed by atoms with Gasteiger partial charge in [0.05, 0.1) is 18.0 Å². The molecule has 1 heterocycles. The summed E-state index contributed by atoms with van der Waals surface area (Å²) >= 11 is 0. The summed E-state index contributed by atoms with van der Waals surface area (Å²) in [4.78, 5) is 11.6.